The van der Waals surface area contributed by atoms with Gasteiger partial charge in [0.1, 0.15) is 11.1 Å². The van der Waals surface area contributed by atoms with Gasteiger partial charge < -0.3 is 14.2 Å². The summed E-state index contributed by atoms with van der Waals surface area (Å²) in [6.45, 7) is 8.98. The highest BCUT2D eigenvalue weighted by atomic mass is 16.6. The van der Waals surface area contributed by atoms with Gasteiger partial charge in [-0.05, 0) is 45.2 Å². The van der Waals surface area contributed by atoms with Crippen LogP contribution in [0.4, 0.5) is 4.79 Å². The minimum absolute atomic E-state index is 0.0833. The van der Waals surface area contributed by atoms with E-state index in [1.54, 1.807) is 11.1 Å². The third-order valence-corrected chi connectivity index (χ3v) is 4.20. The first-order valence-electron chi connectivity index (χ1n) is 8.55. The summed E-state index contributed by atoms with van der Waals surface area (Å²) in [6, 6.07) is 3.66. The molecule has 1 fully saturated rings. The van der Waals surface area contributed by atoms with Crippen LogP contribution < -0.4 is 0 Å². The van der Waals surface area contributed by atoms with Crippen molar-refractivity contribution >= 4 is 23.0 Å². The Morgan fingerprint density at radius 1 is 1.36 bits per heavy atom. The van der Waals surface area contributed by atoms with Crippen LogP contribution in [0.15, 0.2) is 18.3 Å². The molecule has 2 aromatic heterocycles. The Bertz CT molecular complexity index is 806. The summed E-state index contributed by atoms with van der Waals surface area (Å²) in [7, 11) is 0. The van der Waals surface area contributed by atoms with Crippen LogP contribution in [0.3, 0.4) is 0 Å². The van der Waals surface area contributed by atoms with Gasteiger partial charge in [-0.1, -0.05) is 0 Å². The lowest BCUT2D eigenvalue weighted by atomic mass is 10.1. The van der Waals surface area contributed by atoms with Crippen molar-refractivity contribution in [3.63, 3.8) is 0 Å². The van der Waals surface area contributed by atoms with E-state index in [4.69, 9.17) is 4.74 Å². The number of hydrogen-bond donors (Lipinski definition) is 0. The SMILES string of the molecule is CC(=O)c1nc2cccnc2n1CC1CCN(C(=O)OC(C)(C)C)C1. The van der Waals surface area contributed by atoms with Gasteiger partial charge in [0.05, 0.1) is 0 Å². The first-order chi connectivity index (χ1) is 11.7. The number of likely N-dealkylation sites (tertiary alicyclic amines) is 1. The number of carbonyl (C=O) groups is 2. The van der Waals surface area contributed by atoms with Crippen LogP contribution >= 0.6 is 0 Å². The van der Waals surface area contributed by atoms with Gasteiger partial charge in [-0.2, -0.15) is 0 Å². The molecule has 1 aliphatic heterocycles. The molecule has 7 nitrogen and oxygen atoms in total. The molecule has 0 aliphatic carbocycles. The van der Waals surface area contributed by atoms with Crippen LogP contribution in [-0.2, 0) is 11.3 Å². The minimum atomic E-state index is -0.499. The van der Waals surface area contributed by atoms with Gasteiger partial charge in [0.25, 0.3) is 0 Å². The number of fused-ring (bicyclic) bond motifs is 1. The first-order valence-corrected chi connectivity index (χ1v) is 8.55. The van der Waals surface area contributed by atoms with E-state index in [0.29, 0.717) is 31.1 Å². The molecule has 2 aromatic rings. The summed E-state index contributed by atoms with van der Waals surface area (Å²) in [6.07, 6.45) is 2.28. The van der Waals surface area contributed by atoms with Crippen molar-refractivity contribution in [3.8, 4) is 0 Å². The Labute approximate surface area is 147 Å². The number of rotatable bonds is 3. The number of carbonyl (C=O) groups excluding carboxylic acids is 2. The molecule has 134 valence electrons. The summed E-state index contributed by atoms with van der Waals surface area (Å²) in [5.41, 5.74) is 0.930. The van der Waals surface area contributed by atoms with E-state index in [1.807, 2.05) is 37.5 Å². The van der Waals surface area contributed by atoms with Crippen molar-refractivity contribution < 1.29 is 14.3 Å². The fourth-order valence-electron chi connectivity index (χ4n) is 3.13. The topological polar surface area (TPSA) is 77.3 Å². The number of imidazole rings is 1. The van der Waals surface area contributed by atoms with Gasteiger partial charge in [-0.15, -0.1) is 0 Å². The van der Waals surface area contributed by atoms with Gasteiger partial charge in [0.15, 0.2) is 17.3 Å². The smallest absolute Gasteiger partial charge is 0.410 e. The van der Waals surface area contributed by atoms with E-state index in [9.17, 15) is 9.59 Å². The Kier molecular flexibility index (Phi) is 4.49. The van der Waals surface area contributed by atoms with Crippen molar-refractivity contribution in [2.75, 3.05) is 13.1 Å². The summed E-state index contributed by atoms with van der Waals surface area (Å²) in [5.74, 6) is 0.578. The van der Waals surface area contributed by atoms with Crippen molar-refractivity contribution in [1.29, 1.82) is 0 Å². The number of hydrogen-bond acceptors (Lipinski definition) is 5. The Balaban J connectivity index is 1.76. The highest BCUT2D eigenvalue weighted by Crippen LogP contribution is 2.23. The zero-order valence-electron chi connectivity index (χ0n) is 15.2. The molecule has 0 radical (unpaired) electrons. The van der Waals surface area contributed by atoms with Crippen LogP contribution in [0, 0.1) is 5.92 Å². The zero-order chi connectivity index (χ0) is 18.2. The quantitative estimate of drug-likeness (QED) is 0.800. The zero-order valence-corrected chi connectivity index (χ0v) is 15.2. The highest BCUT2D eigenvalue weighted by molar-refractivity contribution is 5.94. The van der Waals surface area contributed by atoms with Crippen LogP contribution in [0.5, 0.6) is 0 Å². The largest absolute Gasteiger partial charge is 0.444 e. The maximum absolute atomic E-state index is 12.2. The summed E-state index contributed by atoms with van der Waals surface area (Å²) >= 11 is 0. The number of amides is 1. The Morgan fingerprint density at radius 2 is 2.12 bits per heavy atom. The number of ketones is 1. The average Bonchev–Trinajstić information content (AvgIpc) is 3.11. The van der Waals surface area contributed by atoms with Crippen molar-refractivity contribution in [1.82, 2.24) is 19.4 Å². The van der Waals surface area contributed by atoms with E-state index >= 15 is 0 Å². The predicted octanol–water partition coefficient (Wildman–Crippen LogP) is 2.89. The Hall–Kier alpha value is -2.44. The molecule has 0 bridgehead atoms. The molecule has 1 atom stereocenters. The number of ether oxygens (including phenoxy) is 1. The molecule has 0 N–H and O–H groups in total. The molecule has 1 amide bonds. The van der Waals surface area contributed by atoms with Gasteiger partial charge >= 0.3 is 6.09 Å². The molecule has 25 heavy (non-hydrogen) atoms. The fraction of sp³-hybridized carbons (Fsp3) is 0.556. The third kappa shape index (κ3) is 3.81. The molecule has 0 saturated carbocycles. The monoisotopic (exact) mass is 344 g/mol. The lowest BCUT2D eigenvalue weighted by Crippen LogP contribution is -2.35. The summed E-state index contributed by atoms with van der Waals surface area (Å²) < 4.78 is 7.31. The first kappa shape index (κ1) is 17.4. The van der Waals surface area contributed by atoms with Crippen molar-refractivity contribution in [3.05, 3.63) is 24.2 Å². The van der Waals surface area contributed by atoms with E-state index in [1.165, 1.54) is 6.92 Å². The predicted molar refractivity (Wildman–Crippen MR) is 93.4 cm³/mol. The van der Waals surface area contributed by atoms with Gasteiger partial charge in [-0.25, -0.2) is 14.8 Å². The van der Waals surface area contributed by atoms with Crippen LogP contribution in [0.1, 0.15) is 44.7 Å². The number of pyridine rings is 1. The standard InChI is InChI=1S/C18H24N4O3/c1-12(23)15-20-14-6-5-8-19-16(14)22(15)11-13-7-9-21(10-13)17(24)25-18(2,3)4/h5-6,8,13H,7,9-11H2,1-4H3. The molecule has 0 aromatic carbocycles. The van der Waals surface area contributed by atoms with Gasteiger partial charge in [-0.3, -0.25) is 4.79 Å². The van der Waals surface area contributed by atoms with Gasteiger partial charge in [0, 0.05) is 32.8 Å². The molecule has 1 saturated heterocycles. The molecule has 1 aliphatic rings. The summed E-state index contributed by atoms with van der Waals surface area (Å²) in [5, 5.41) is 0. The highest BCUT2D eigenvalue weighted by Gasteiger charge is 2.31. The van der Waals surface area contributed by atoms with Gasteiger partial charge in [0.2, 0.25) is 0 Å². The second-order valence-electron chi connectivity index (χ2n) is 7.53. The molecule has 0 spiro atoms. The maximum Gasteiger partial charge on any atom is 0.410 e. The second-order valence-corrected chi connectivity index (χ2v) is 7.53. The average molecular weight is 344 g/mol. The lowest BCUT2D eigenvalue weighted by molar-refractivity contribution is 0.0287. The number of aromatic nitrogens is 3. The molecular formula is C18H24N4O3. The number of nitrogens with zero attached hydrogens (tertiary/aromatic N) is 4. The van der Waals surface area contributed by atoms with Crippen LogP contribution in [0.25, 0.3) is 11.2 Å². The van der Waals surface area contributed by atoms with Crippen molar-refractivity contribution in [2.45, 2.75) is 46.3 Å². The molecule has 3 heterocycles. The van der Waals surface area contributed by atoms with E-state index in [2.05, 4.69) is 9.97 Å². The minimum Gasteiger partial charge on any atom is -0.444 e. The Morgan fingerprint density at radius 3 is 2.80 bits per heavy atom. The number of Topliss-reactive ketones (excluding diaryl/α,β-unsaturated/α-hetero) is 1. The van der Waals surface area contributed by atoms with E-state index in [-0.39, 0.29) is 17.8 Å². The normalized spacial score (nSPS) is 17.9. The van der Waals surface area contributed by atoms with Crippen LogP contribution in [-0.4, -0.2) is 50.0 Å². The summed E-state index contributed by atoms with van der Waals surface area (Å²) in [4.78, 5) is 34.7. The van der Waals surface area contributed by atoms with E-state index in [0.717, 1.165) is 11.9 Å². The van der Waals surface area contributed by atoms with Crippen LogP contribution in [0.2, 0.25) is 0 Å². The molecular weight excluding hydrogens is 320 g/mol. The molecule has 7 heteroatoms. The molecule has 3 rings (SSSR count). The second kappa shape index (κ2) is 6.46. The third-order valence-electron chi connectivity index (χ3n) is 4.20. The molecule has 1 unspecified atom stereocenters. The van der Waals surface area contributed by atoms with Crippen molar-refractivity contribution in [2.24, 2.45) is 5.92 Å². The maximum atomic E-state index is 12.2. The lowest BCUT2D eigenvalue weighted by Gasteiger charge is -2.24. The fourth-order valence-corrected chi connectivity index (χ4v) is 3.13. The van der Waals surface area contributed by atoms with E-state index < -0.39 is 5.60 Å².